The molecule has 1 aromatic heterocycles. The average molecular weight is 487 g/mol. The van der Waals surface area contributed by atoms with E-state index < -0.39 is 12.0 Å². The van der Waals surface area contributed by atoms with E-state index in [9.17, 15) is 19.5 Å². The number of thiophene rings is 1. The molecule has 1 saturated carbocycles. The van der Waals surface area contributed by atoms with Crippen LogP contribution in [0.1, 0.15) is 94.6 Å². The van der Waals surface area contributed by atoms with E-state index in [4.69, 9.17) is 0 Å². The van der Waals surface area contributed by atoms with Crippen LogP contribution in [0.4, 0.5) is 5.69 Å². The minimum Gasteiger partial charge on any atom is -0.477 e. The third-order valence-corrected chi connectivity index (χ3v) is 7.74. The summed E-state index contributed by atoms with van der Waals surface area (Å²) < 4.78 is 0. The van der Waals surface area contributed by atoms with E-state index >= 15 is 0 Å². The molecule has 3 rings (SSSR count). The SMILES string of the molecule is CC(C)N1CCC[C@H](N(c2cc(C#CC(C)(C)C)sc2C(=O)O)C(=O)[C@H]2CC[C@H](C)CC2)C1=O. The molecule has 0 bridgehead atoms. The highest BCUT2D eigenvalue weighted by molar-refractivity contribution is 7.15. The molecular formula is C27H38N2O4S. The molecule has 0 unspecified atom stereocenters. The Balaban J connectivity index is 2.09. The fraction of sp³-hybridized carbons (Fsp3) is 0.667. The number of hydrogen-bond acceptors (Lipinski definition) is 4. The summed E-state index contributed by atoms with van der Waals surface area (Å²) in [4.78, 5) is 43.8. The van der Waals surface area contributed by atoms with Crippen molar-refractivity contribution in [1.29, 1.82) is 0 Å². The number of piperidine rings is 1. The molecule has 0 aromatic carbocycles. The van der Waals surface area contributed by atoms with Crippen molar-refractivity contribution >= 4 is 34.8 Å². The van der Waals surface area contributed by atoms with Gasteiger partial charge < -0.3 is 10.0 Å². The van der Waals surface area contributed by atoms with Gasteiger partial charge in [0, 0.05) is 23.9 Å². The molecule has 7 heteroatoms. The van der Waals surface area contributed by atoms with E-state index in [0.717, 1.165) is 43.4 Å². The number of nitrogens with zero attached hydrogens (tertiary/aromatic N) is 2. The normalized spacial score (nSPS) is 23.4. The molecule has 1 N–H and O–H groups in total. The van der Waals surface area contributed by atoms with Crippen LogP contribution in [-0.4, -0.2) is 46.4 Å². The van der Waals surface area contributed by atoms with Crippen LogP contribution >= 0.6 is 11.3 Å². The van der Waals surface area contributed by atoms with Crippen molar-refractivity contribution in [3.63, 3.8) is 0 Å². The molecule has 0 radical (unpaired) electrons. The van der Waals surface area contributed by atoms with Gasteiger partial charge in [0.25, 0.3) is 0 Å². The predicted octanol–water partition coefficient (Wildman–Crippen LogP) is 5.40. The number of rotatable bonds is 5. The zero-order valence-electron chi connectivity index (χ0n) is 21.3. The topological polar surface area (TPSA) is 77.9 Å². The summed E-state index contributed by atoms with van der Waals surface area (Å²) in [5.41, 5.74) is 0.0853. The molecule has 1 aliphatic carbocycles. The highest BCUT2D eigenvalue weighted by atomic mass is 32.1. The standard InChI is InChI=1S/C27H38N2O4S/c1-17(2)28-15-7-8-21(25(28)31)29(24(30)19-11-9-18(3)10-12-19)22-16-20(13-14-27(4,5)6)34-23(22)26(32)33/h16-19,21H,7-12,15H2,1-6H3,(H,32,33)/t18-,19-,21-/m0/s1. The quantitative estimate of drug-likeness (QED) is 0.565. The molecule has 1 aromatic rings. The first-order chi connectivity index (χ1) is 15.9. The summed E-state index contributed by atoms with van der Waals surface area (Å²) in [5, 5.41) is 10.0. The molecule has 2 fully saturated rings. The molecule has 1 saturated heterocycles. The van der Waals surface area contributed by atoms with Crippen molar-refractivity contribution in [3.05, 3.63) is 15.8 Å². The van der Waals surface area contributed by atoms with Gasteiger partial charge in [0.1, 0.15) is 10.9 Å². The van der Waals surface area contributed by atoms with Crippen LogP contribution in [-0.2, 0) is 9.59 Å². The Morgan fingerprint density at radius 1 is 1.18 bits per heavy atom. The van der Waals surface area contributed by atoms with Gasteiger partial charge in [-0.2, -0.15) is 0 Å². The molecule has 2 aliphatic rings. The Bertz CT molecular complexity index is 986. The summed E-state index contributed by atoms with van der Waals surface area (Å²) in [7, 11) is 0. The van der Waals surface area contributed by atoms with Gasteiger partial charge in [0.05, 0.1) is 10.6 Å². The highest BCUT2D eigenvalue weighted by Crippen LogP contribution is 2.38. The van der Waals surface area contributed by atoms with E-state index in [1.54, 1.807) is 11.0 Å². The predicted molar refractivity (Wildman–Crippen MR) is 136 cm³/mol. The van der Waals surface area contributed by atoms with Gasteiger partial charge >= 0.3 is 5.97 Å². The number of carbonyl (C=O) groups is 3. The van der Waals surface area contributed by atoms with Crippen LogP contribution in [0.25, 0.3) is 0 Å². The lowest BCUT2D eigenvalue weighted by Crippen LogP contribution is -2.57. The van der Waals surface area contributed by atoms with Crippen LogP contribution in [0.5, 0.6) is 0 Å². The largest absolute Gasteiger partial charge is 0.477 e. The third-order valence-electron chi connectivity index (χ3n) is 6.71. The number of carbonyl (C=O) groups excluding carboxylic acids is 2. The molecule has 2 heterocycles. The lowest BCUT2D eigenvalue weighted by atomic mass is 9.82. The number of aromatic carboxylic acids is 1. The zero-order chi connectivity index (χ0) is 25.2. The van der Waals surface area contributed by atoms with Crippen LogP contribution in [0, 0.1) is 29.1 Å². The maximum Gasteiger partial charge on any atom is 0.348 e. The summed E-state index contributed by atoms with van der Waals surface area (Å²) in [5.74, 6) is 5.33. The first-order valence-electron chi connectivity index (χ1n) is 12.4. The molecule has 1 atom stereocenters. The Labute approximate surface area is 207 Å². The van der Waals surface area contributed by atoms with E-state index in [1.807, 2.05) is 39.5 Å². The maximum absolute atomic E-state index is 14.0. The molecule has 0 spiro atoms. The summed E-state index contributed by atoms with van der Waals surface area (Å²) >= 11 is 1.08. The van der Waals surface area contributed by atoms with Crippen molar-refractivity contribution in [3.8, 4) is 11.8 Å². The Kier molecular flexibility index (Phi) is 8.13. The third kappa shape index (κ3) is 6.02. The average Bonchev–Trinajstić information content (AvgIpc) is 3.17. The van der Waals surface area contributed by atoms with Crippen molar-refractivity contribution in [2.24, 2.45) is 17.3 Å². The number of anilines is 1. The molecular weight excluding hydrogens is 448 g/mol. The Morgan fingerprint density at radius 3 is 2.38 bits per heavy atom. The number of carboxylic acid groups (broad SMARTS) is 1. The molecule has 6 nitrogen and oxygen atoms in total. The van der Waals surface area contributed by atoms with Crippen LogP contribution < -0.4 is 4.90 Å². The van der Waals surface area contributed by atoms with Gasteiger partial charge in [-0.05, 0) is 85.1 Å². The zero-order valence-corrected chi connectivity index (χ0v) is 22.1. The molecule has 34 heavy (non-hydrogen) atoms. The van der Waals surface area contributed by atoms with E-state index in [-0.39, 0.29) is 34.1 Å². The van der Waals surface area contributed by atoms with Crippen molar-refractivity contribution in [2.75, 3.05) is 11.4 Å². The first-order valence-corrected chi connectivity index (χ1v) is 13.2. The van der Waals surface area contributed by atoms with Gasteiger partial charge in [-0.25, -0.2) is 4.79 Å². The monoisotopic (exact) mass is 486 g/mol. The number of amides is 2. The van der Waals surface area contributed by atoms with Gasteiger partial charge in [0.2, 0.25) is 11.8 Å². The second-order valence-electron chi connectivity index (χ2n) is 11.1. The van der Waals surface area contributed by atoms with Gasteiger partial charge in [-0.1, -0.05) is 18.8 Å². The van der Waals surface area contributed by atoms with Gasteiger partial charge in [0.15, 0.2) is 0 Å². The lowest BCUT2D eigenvalue weighted by molar-refractivity contribution is -0.139. The second kappa shape index (κ2) is 10.5. The van der Waals surface area contributed by atoms with E-state index in [1.165, 1.54) is 0 Å². The van der Waals surface area contributed by atoms with Crippen molar-refractivity contribution in [2.45, 2.75) is 92.2 Å². The van der Waals surface area contributed by atoms with Crippen LogP contribution in [0.3, 0.4) is 0 Å². The number of hydrogen-bond donors (Lipinski definition) is 1. The maximum atomic E-state index is 14.0. The first kappa shape index (κ1) is 26.3. The van der Waals surface area contributed by atoms with Crippen molar-refractivity contribution < 1.29 is 19.5 Å². The molecule has 186 valence electrons. The smallest absolute Gasteiger partial charge is 0.348 e. The van der Waals surface area contributed by atoms with Crippen molar-refractivity contribution in [1.82, 2.24) is 4.90 Å². The van der Waals surface area contributed by atoms with Crippen LogP contribution in [0.15, 0.2) is 6.07 Å². The number of likely N-dealkylation sites (tertiary alicyclic amines) is 1. The molecule has 1 aliphatic heterocycles. The van der Waals surface area contributed by atoms with Crippen LogP contribution in [0.2, 0.25) is 0 Å². The lowest BCUT2D eigenvalue weighted by Gasteiger charge is -2.41. The minimum absolute atomic E-state index is 0.0254. The summed E-state index contributed by atoms with van der Waals surface area (Å²) in [6.07, 6.45) is 4.80. The van der Waals surface area contributed by atoms with Gasteiger partial charge in [-0.15, -0.1) is 11.3 Å². The summed E-state index contributed by atoms with van der Waals surface area (Å²) in [6.45, 7) is 12.8. The fourth-order valence-corrected chi connectivity index (χ4v) is 5.64. The minimum atomic E-state index is -1.09. The molecule has 2 amide bonds. The second-order valence-corrected chi connectivity index (χ2v) is 12.1. The van der Waals surface area contributed by atoms with E-state index in [0.29, 0.717) is 29.4 Å². The Morgan fingerprint density at radius 2 is 1.82 bits per heavy atom. The highest BCUT2D eigenvalue weighted by Gasteiger charge is 2.42. The fourth-order valence-electron chi connectivity index (χ4n) is 4.80. The number of carboxylic acids is 1. The summed E-state index contributed by atoms with van der Waals surface area (Å²) in [6, 6.07) is 1.05. The Hall–Kier alpha value is -2.33. The van der Waals surface area contributed by atoms with Gasteiger partial charge in [-0.3, -0.25) is 14.5 Å². The van der Waals surface area contributed by atoms with E-state index in [2.05, 4.69) is 18.8 Å².